The molecule has 0 fully saturated rings. The van der Waals surface area contributed by atoms with Gasteiger partial charge >= 0.3 is 57.3 Å². The summed E-state index contributed by atoms with van der Waals surface area (Å²) in [6, 6.07) is 0. The van der Waals surface area contributed by atoms with Crippen molar-refractivity contribution in [3.05, 3.63) is 0 Å². The third-order valence-corrected chi connectivity index (χ3v) is 0. The van der Waals surface area contributed by atoms with Gasteiger partial charge in [-0.15, -0.1) is 0 Å². The normalized spacial score (nSPS) is 1.80. The van der Waals surface area contributed by atoms with Crippen molar-refractivity contribution in [2.45, 2.75) is 0 Å². The Kier molecular flexibility index (Phi) is 55.9. The van der Waals surface area contributed by atoms with Crippen LogP contribution in [0.5, 0.6) is 0 Å². The van der Waals surface area contributed by atoms with Crippen molar-refractivity contribution < 1.29 is 17.1 Å². The fourth-order valence-corrected chi connectivity index (χ4v) is 0. The first kappa shape index (κ1) is 16.0. The molecule has 0 aromatic heterocycles. The van der Waals surface area contributed by atoms with Gasteiger partial charge in [0.2, 0.25) is 0 Å². The first-order valence-electron chi connectivity index (χ1n) is 0.724. The fourth-order valence-electron chi connectivity index (χ4n) is 0. The van der Waals surface area contributed by atoms with Gasteiger partial charge in [-0.2, -0.15) is 0 Å². The average Bonchev–Trinajstić information content (AvgIpc) is 0.918. The number of hydrogen-bond acceptors (Lipinski definition) is 1. The molecule has 1 nitrogen and oxygen atoms in total. The zero-order valence-corrected chi connectivity index (χ0v) is 3.40. The van der Waals surface area contributed by atoms with E-state index in [1.807, 2.05) is 0 Å². The Morgan fingerprint density at radius 2 is 1.60 bits per heavy atom. The van der Waals surface area contributed by atoms with E-state index in [4.69, 9.17) is 5.26 Å². The van der Waals surface area contributed by atoms with Crippen LogP contribution in [0.2, 0.25) is 0 Å². The summed E-state index contributed by atoms with van der Waals surface area (Å²) in [6.45, 7) is 0. The maximum absolute atomic E-state index is 7.32. The molecule has 0 aliphatic heterocycles. The zero-order valence-electron chi connectivity index (χ0n) is 2.30. The average molecular weight is 113 g/mol. The second-order valence-corrected chi connectivity index (χ2v) is 0.224. The van der Waals surface area contributed by atoms with Crippen molar-refractivity contribution in [1.82, 2.24) is 0 Å². The van der Waals surface area contributed by atoms with Gasteiger partial charge in [-0.05, 0) is 0 Å². The minimum absolute atomic E-state index is 0. The summed E-state index contributed by atoms with van der Waals surface area (Å²) in [7, 11) is 0. The standard InChI is InChI=1S/CN.Fe.Li.Na.H/c1-2;;;;. The molecule has 0 amide bonds. The van der Waals surface area contributed by atoms with Crippen LogP contribution in [0.1, 0.15) is 0 Å². The number of rotatable bonds is 0. The predicted molar refractivity (Wildman–Crippen MR) is 18.5 cm³/mol. The third-order valence-electron chi connectivity index (χ3n) is 0. The fraction of sp³-hybridized carbons (Fsp3) is 0. The van der Waals surface area contributed by atoms with Crippen molar-refractivity contribution >= 4 is 47.3 Å². The Hall–Kier alpha value is 1.61. The molecular weight excluding hydrogens is 112 g/mol. The number of nitrogens with zero attached hydrogens (tertiary/aromatic N) is 1. The summed E-state index contributed by atoms with van der Waals surface area (Å²) < 4.78 is 1.75. The van der Waals surface area contributed by atoms with Gasteiger partial charge in [0, 0.05) is 17.1 Å². The van der Waals surface area contributed by atoms with Gasteiger partial charge in [0.1, 0.15) is 0 Å². The van der Waals surface area contributed by atoms with Crippen LogP contribution in [0.4, 0.5) is 0 Å². The summed E-state index contributed by atoms with van der Waals surface area (Å²) in [5.74, 6) is 0. The Morgan fingerprint density at radius 3 is 1.60 bits per heavy atom. The molecule has 0 unspecified atom stereocenters. The van der Waals surface area contributed by atoms with Crippen molar-refractivity contribution in [3.63, 3.8) is 0 Å². The van der Waals surface area contributed by atoms with Gasteiger partial charge in [-0.1, -0.05) is 0 Å². The van der Waals surface area contributed by atoms with E-state index in [-0.39, 0.29) is 46.6 Å². The molecule has 0 heterocycles. The van der Waals surface area contributed by atoms with E-state index >= 15 is 0 Å². The SMILES string of the molecule is [Fe].[Li][C]#N.[NaH]. The van der Waals surface area contributed by atoms with E-state index in [1.54, 1.807) is 4.74 Å². The van der Waals surface area contributed by atoms with E-state index in [1.165, 1.54) is 17.7 Å². The topological polar surface area (TPSA) is 23.8 Å². The molecule has 0 aromatic carbocycles. The minimum atomic E-state index is 0. The molecular formula is CHFeLiNNa. The molecule has 5 heavy (non-hydrogen) atoms. The van der Waals surface area contributed by atoms with Crippen LogP contribution in [0.3, 0.4) is 0 Å². The van der Waals surface area contributed by atoms with Crippen molar-refractivity contribution in [3.8, 4) is 4.74 Å². The first-order chi connectivity index (χ1) is 1.41. The molecule has 20 valence electrons. The van der Waals surface area contributed by atoms with Gasteiger partial charge in [0.05, 0.1) is 0 Å². The predicted octanol–water partition coefficient (Wildman–Crippen LogP) is -1.02. The molecule has 0 spiro atoms. The van der Waals surface area contributed by atoms with Crippen molar-refractivity contribution in [2.75, 3.05) is 0 Å². The van der Waals surface area contributed by atoms with Gasteiger partial charge in [0.25, 0.3) is 0 Å². The van der Waals surface area contributed by atoms with Crippen LogP contribution in [-0.4, -0.2) is 47.3 Å². The number of hydrogen-bond donors (Lipinski definition) is 0. The van der Waals surface area contributed by atoms with Crippen molar-refractivity contribution in [2.24, 2.45) is 0 Å². The Bertz CT molecular complexity index is 33.1. The second kappa shape index (κ2) is 17.5. The molecule has 0 N–H and O–H groups in total. The number of nitriles is 1. The van der Waals surface area contributed by atoms with E-state index in [2.05, 4.69) is 0 Å². The van der Waals surface area contributed by atoms with E-state index in [0.717, 1.165) is 0 Å². The Balaban J connectivity index is -0.0000000200. The van der Waals surface area contributed by atoms with Crippen LogP contribution >= 0.6 is 0 Å². The molecule has 0 aliphatic rings. The maximum atomic E-state index is 7.32. The third kappa shape index (κ3) is 28.2. The van der Waals surface area contributed by atoms with E-state index in [9.17, 15) is 0 Å². The van der Waals surface area contributed by atoms with Gasteiger partial charge < -0.3 is 0 Å². The quantitative estimate of drug-likeness (QED) is 0.369. The Labute approximate surface area is 73.5 Å². The molecule has 0 saturated carbocycles. The van der Waals surface area contributed by atoms with Crippen LogP contribution < -0.4 is 0 Å². The molecule has 0 radical (unpaired) electrons. The monoisotopic (exact) mass is 113 g/mol. The molecule has 0 rings (SSSR count). The molecule has 4 heteroatoms. The molecule has 0 bridgehead atoms. The van der Waals surface area contributed by atoms with Gasteiger partial charge in [0.15, 0.2) is 0 Å². The molecule has 0 aromatic rings. The van der Waals surface area contributed by atoms with Gasteiger partial charge in [-0.3, -0.25) is 0 Å². The van der Waals surface area contributed by atoms with Crippen LogP contribution in [0.25, 0.3) is 0 Å². The van der Waals surface area contributed by atoms with E-state index in [0.29, 0.717) is 0 Å². The molecule has 0 aliphatic carbocycles. The zero-order chi connectivity index (χ0) is 2.71. The summed E-state index contributed by atoms with van der Waals surface area (Å²) in [6.07, 6.45) is 0. The first-order valence-corrected chi connectivity index (χ1v) is 0.724. The summed E-state index contributed by atoms with van der Waals surface area (Å²) >= 11 is 1.43. The summed E-state index contributed by atoms with van der Waals surface area (Å²) in [5.41, 5.74) is 0. The van der Waals surface area contributed by atoms with Crippen LogP contribution in [-0.2, 0) is 17.1 Å². The van der Waals surface area contributed by atoms with Crippen LogP contribution in [0, 0.1) is 10.0 Å². The molecule has 0 atom stereocenters. The summed E-state index contributed by atoms with van der Waals surface area (Å²) in [4.78, 5) is 0. The van der Waals surface area contributed by atoms with Crippen LogP contribution in [0.15, 0.2) is 0 Å². The molecule has 0 saturated heterocycles. The second-order valence-electron chi connectivity index (χ2n) is 0.224. The summed E-state index contributed by atoms with van der Waals surface area (Å²) in [5, 5.41) is 7.32. The van der Waals surface area contributed by atoms with Crippen molar-refractivity contribution in [1.29, 1.82) is 5.26 Å². The van der Waals surface area contributed by atoms with Gasteiger partial charge in [-0.25, -0.2) is 0 Å². The Morgan fingerprint density at radius 1 is 1.60 bits per heavy atom. The van der Waals surface area contributed by atoms with E-state index < -0.39 is 0 Å².